The lowest BCUT2D eigenvalue weighted by Crippen LogP contribution is -2.36. The normalized spacial score (nSPS) is 10.9. The number of carbonyl (C=O) groups is 2. The third-order valence-corrected chi connectivity index (χ3v) is 2.74. The van der Waals surface area contributed by atoms with E-state index in [2.05, 4.69) is 10.6 Å². The largest absolute Gasteiger partial charge is 0.397 e. The van der Waals surface area contributed by atoms with Crippen molar-refractivity contribution in [3.8, 4) is 0 Å². The van der Waals surface area contributed by atoms with Crippen LogP contribution >= 0.6 is 0 Å². The molecule has 6 nitrogen and oxygen atoms in total. The molecule has 20 heavy (non-hydrogen) atoms. The molecule has 0 aliphatic rings. The van der Waals surface area contributed by atoms with Crippen LogP contribution in [0.15, 0.2) is 18.2 Å². The molecule has 0 radical (unpaired) electrons. The van der Waals surface area contributed by atoms with E-state index in [0.717, 1.165) is 0 Å². The van der Waals surface area contributed by atoms with Crippen molar-refractivity contribution >= 4 is 23.2 Å². The third kappa shape index (κ3) is 4.46. The van der Waals surface area contributed by atoms with Crippen molar-refractivity contribution in [3.05, 3.63) is 23.8 Å². The molecule has 0 fully saturated rings. The Bertz CT molecular complexity index is 512. The van der Waals surface area contributed by atoms with Crippen LogP contribution in [-0.4, -0.2) is 23.9 Å². The molecule has 1 rings (SSSR count). The first-order valence-corrected chi connectivity index (χ1v) is 6.49. The molecule has 1 aromatic carbocycles. The summed E-state index contributed by atoms with van der Waals surface area (Å²) in [7, 11) is 0. The van der Waals surface area contributed by atoms with Crippen LogP contribution in [0.25, 0.3) is 0 Å². The second-order valence-corrected chi connectivity index (χ2v) is 5.31. The SMILES string of the molecule is CCNC(=O)c1ccc(NC(C)(C)CC(N)=O)c(N)c1. The molecule has 6 N–H and O–H groups in total. The first-order chi connectivity index (χ1) is 9.25. The number of benzene rings is 1. The van der Waals surface area contributed by atoms with Crippen molar-refractivity contribution in [2.45, 2.75) is 32.7 Å². The molecule has 0 saturated carbocycles. The van der Waals surface area contributed by atoms with Crippen molar-refractivity contribution in [2.24, 2.45) is 5.73 Å². The standard InChI is InChI=1S/C14H22N4O2/c1-4-17-13(20)9-5-6-11(10(15)7-9)18-14(2,3)8-12(16)19/h5-7,18H,4,8,15H2,1-3H3,(H2,16,19)(H,17,20). The highest BCUT2D eigenvalue weighted by Gasteiger charge is 2.21. The van der Waals surface area contributed by atoms with Crippen molar-refractivity contribution in [2.75, 3.05) is 17.6 Å². The van der Waals surface area contributed by atoms with Gasteiger partial charge in [0.2, 0.25) is 5.91 Å². The zero-order valence-corrected chi connectivity index (χ0v) is 12.1. The van der Waals surface area contributed by atoms with Crippen LogP contribution in [0.4, 0.5) is 11.4 Å². The van der Waals surface area contributed by atoms with Crippen LogP contribution in [0.2, 0.25) is 0 Å². The van der Waals surface area contributed by atoms with Gasteiger partial charge in [0.15, 0.2) is 0 Å². The molecule has 0 spiro atoms. The Hall–Kier alpha value is -2.24. The Morgan fingerprint density at radius 3 is 2.45 bits per heavy atom. The van der Waals surface area contributed by atoms with Crippen LogP contribution in [0.3, 0.4) is 0 Å². The van der Waals surface area contributed by atoms with E-state index in [4.69, 9.17) is 11.5 Å². The number of carbonyl (C=O) groups excluding carboxylic acids is 2. The summed E-state index contributed by atoms with van der Waals surface area (Å²) in [6.45, 7) is 6.12. The van der Waals surface area contributed by atoms with Gasteiger partial charge >= 0.3 is 0 Å². The van der Waals surface area contributed by atoms with Crippen molar-refractivity contribution in [1.29, 1.82) is 0 Å². The van der Waals surface area contributed by atoms with Crippen molar-refractivity contribution < 1.29 is 9.59 Å². The highest BCUT2D eigenvalue weighted by molar-refractivity contribution is 5.96. The second kappa shape index (κ2) is 6.27. The predicted octanol–water partition coefficient (Wildman–Crippen LogP) is 1.08. The summed E-state index contributed by atoms with van der Waals surface area (Å²) in [5.41, 5.74) is 12.3. The van der Waals surface area contributed by atoms with Gasteiger partial charge in [-0.05, 0) is 39.0 Å². The van der Waals surface area contributed by atoms with Gasteiger partial charge in [-0.1, -0.05) is 0 Å². The Kier molecular flexibility index (Phi) is 4.96. The summed E-state index contributed by atoms with van der Waals surface area (Å²) < 4.78 is 0. The minimum atomic E-state index is -0.507. The van der Waals surface area contributed by atoms with Gasteiger partial charge in [-0.25, -0.2) is 0 Å². The number of rotatable bonds is 6. The zero-order chi connectivity index (χ0) is 15.3. The minimum Gasteiger partial charge on any atom is -0.397 e. The lowest BCUT2D eigenvalue weighted by atomic mass is 9.99. The summed E-state index contributed by atoms with van der Waals surface area (Å²) in [6.07, 6.45) is 0.185. The van der Waals surface area contributed by atoms with E-state index >= 15 is 0 Å². The summed E-state index contributed by atoms with van der Waals surface area (Å²) in [5.74, 6) is -0.554. The van der Waals surface area contributed by atoms with Gasteiger partial charge < -0.3 is 22.1 Å². The van der Waals surface area contributed by atoms with Crippen molar-refractivity contribution in [1.82, 2.24) is 5.32 Å². The molecule has 0 bridgehead atoms. The summed E-state index contributed by atoms with van der Waals surface area (Å²) in [6, 6.07) is 5.01. The average Bonchev–Trinajstić information content (AvgIpc) is 2.30. The summed E-state index contributed by atoms with van der Waals surface area (Å²) >= 11 is 0. The number of amides is 2. The molecule has 0 aromatic heterocycles. The van der Waals surface area contributed by atoms with Crippen molar-refractivity contribution in [3.63, 3.8) is 0 Å². The van der Waals surface area contributed by atoms with Crippen LogP contribution in [0.1, 0.15) is 37.6 Å². The van der Waals surface area contributed by atoms with E-state index < -0.39 is 5.54 Å². The zero-order valence-electron chi connectivity index (χ0n) is 12.1. The van der Waals surface area contributed by atoms with Crippen LogP contribution in [-0.2, 0) is 4.79 Å². The molecule has 110 valence electrons. The van der Waals surface area contributed by atoms with Gasteiger partial charge in [0.1, 0.15) is 0 Å². The average molecular weight is 278 g/mol. The first kappa shape index (κ1) is 15.8. The Morgan fingerprint density at radius 2 is 1.95 bits per heavy atom. The highest BCUT2D eigenvalue weighted by Crippen LogP contribution is 2.25. The smallest absolute Gasteiger partial charge is 0.251 e. The Balaban J connectivity index is 2.88. The van der Waals surface area contributed by atoms with Gasteiger partial charge in [0, 0.05) is 24.1 Å². The van der Waals surface area contributed by atoms with Gasteiger partial charge in [-0.3, -0.25) is 9.59 Å². The molecule has 0 aliphatic heterocycles. The predicted molar refractivity (Wildman–Crippen MR) is 80.4 cm³/mol. The summed E-state index contributed by atoms with van der Waals surface area (Å²) in [4.78, 5) is 22.7. The van der Waals surface area contributed by atoms with E-state index in [-0.39, 0.29) is 18.2 Å². The van der Waals surface area contributed by atoms with Gasteiger partial charge in [0.25, 0.3) is 5.91 Å². The van der Waals surface area contributed by atoms with E-state index in [1.54, 1.807) is 18.2 Å². The van der Waals surface area contributed by atoms with E-state index in [9.17, 15) is 9.59 Å². The monoisotopic (exact) mass is 278 g/mol. The second-order valence-electron chi connectivity index (χ2n) is 5.31. The highest BCUT2D eigenvalue weighted by atomic mass is 16.2. The number of anilines is 2. The lowest BCUT2D eigenvalue weighted by Gasteiger charge is -2.27. The number of nitrogens with two attached hydrogens (primary N) is 2. The molecular weight excluding hydrogens is 256 g/mol. The Morgan fingerprint density at radius 1 is 1.30 bits per heavy atom. The number of nitrogen functional groups attached to an aromatic ring is 1. The summed E-state index contributed by atoms with van der Waals surface area (Å²) in [5, 5.41) is 5.87. The molecule has 0 heterocycles. The number of nitrogens with one attached hydrogen (secondary N) is 2. The molecule has 2 amide bonds. The molecule has 6 heteroatoms. The fraction of sp³-hybridized carbons (Fsp3) is 0.429. The third-order valence-electron chi connectivity index (χ3n) is 2.74. The first-order valence-electron chi connectivity index (χ1n) is 6.49. The fourth-order valence-electron chi connectivity index (χ4n) is 1.92. The molecule has 0 saturated heterocycles. The quantitative estimate of drug-likeness (QED) is 0.584. The van der Waals surface area contributed by atoms with Gasteiger partial charge in [-0.2, -0.15) is 0 Å². The van der Waals surface area contributed by atoms with Crippen LogP contribution in [0, 0.1) is 0 Å². The maximum absolute atomic E-state index is 11.7. The van der Waals surface area contributed by atoms with E-state index in [0.29, 0.717) is 23.5 Å². The van der Waals surface area contributed by atoms with Crippen LogP contribution in [0.5, 0.6) is 0 Å². The minimum absolute atomic E-state index is 0.165. The molecular formula is C14H22N4O2. The number of primary amides is 1. The lowest BCUT2D eigenvalue weighted by molar-refractivity contribution is -0.118. The van der Waals surface area contributed by atoms with E-state index in [1.807, 2.05) is 20.8 Å². The van der Waals surface area contributed by atoms with Gasteiger partial charge in [0.05, 0.1) is 11.4 Å². The maximum atomic E-state index is 11.7. The number of hydrogen-bond donors (Lipinski definition) is 4. The van der Waals surface area contributed by atoms with E-state index in [1.165, 1.54) is 0 Å². The molecule has 0 aliphatic carbocycles. The van der Waals surface area contributed by atoms with Crippen LogP contribution < -0.4 is 22.1 Å². The molecule has 1 aromatic rings. The fourth-order valence-corrected chi connectivity index (χ4v) is 1.92. The molecule has 0 unspecified atom stereocenters. The Labute approximate surface area is 118 Å². The molecule has 0 atom stereocenters. The topological polar surface area (TPSA) is 110 Å². The maximum Gasteiger partial charge on any atom is 0.251 e. The van der Waals surface area contributed by atoms with Gasteiger partial charge in [-0.15, -0.1) is 0 Å². The number of hydrogen-bond acceptors (Lipinski definition) is 4.